The summed E-state index contributed by atoms with van der Waals surface area (Å²) in [7, 11) is 0. The van der Waals surface area contributed by atoms with Crippen LogP contribution in [0.25, 0.3) is 11.5 Å². The molecule has 0 aliphatic rings. The van der Waals surface area contributed by atoms with E-state index in [0.717, 1.165) is 5.56 Å². The first-order valence-corrected chi connectivity index (χ1v) is 9.54. The van der Waals surface area contributed by atoms with Gasteiger partial charge in [-0.15, -0.1) is 0 Å². The number of H-pyrrole nitrogens is 1. The van der Waals surface area contributed by atoms with Crippen molar-refractivity contribution in [3.8, 4) is 11.5 Å². The molecule has 1 atom stereocenters. The van der Waals surface area contributed by atoms with Gasteiger partial charge in [0.25, 0.3) is 5.91 Å². The number of aromatic nitrogens is 3. The normalized spacial score (nSPS) is 11.6. The van der Waals surface area contributed by atoms with Crippen molar-refractivity contribution in [1.29, 1.82) is 0 Å². The van der Waals surface area contributed by atoms with Gasteiger partial charge in [0, 0.05) is 42.2 Å². The number of benzene rings is 1. The second-order valence-electron chi connectivity index (χ2n) is 6.81. The van der Waals surface area contributed by atoms with Crippen LogP contribution in [0.4, 0.5) is 11.5 Å². The molecule has 4 rings (SSSR count). The van der Waals surface area contributed by atoms with Crippen molar-refractivity contribution in [2.45, 2.75) is 12.5 Å². The Balaban J connectivity index is 1.32. The molecule has 0 bridgehead atoms. The number of nitrogens with two attached hydrogens (primary N) is 1. The number of nitrogens with one attached hydrogen (secondary N) is 3. The predicted octanol–water partition coefficient (Wildman–Crippen LogP) is 3.35. The topological polar surface area (TPSA) is 139 Å². The minimum atomic E-state index is -0.527. The van der Waals surface area contributed by atoms with Crippen LogP contribution in [0, 0.1) is 0 Å². The number of furan rings is 1. The van der Waals surface area contributed by atoms with E-state index in [0.29, 0.717) is 28.5 Å². The zero-order valence-corrected chi connectivity index (χ0v) is 16.4. The van der Waals surface area contributed by atoms with Gasteiger partial charge >= 0.3 is 0 Å². The summed E-state index contributed by atoms with van der Waals surface area (Å²) in [4.78, 5) is 28.6. The molecule has 0 radical (unpaired) electrons. The quantitative estimate of drug-likeness (QED) is 0.364. The molecule has 3 aromatic heterocycles. The Labute approximate surface area is 177 Å². The minimum Gasteiger partial charge on any atom is -0.463 e. The summed E-state index contributed by atoms with van der Waals surface area (Å²) in [6.45, 7) is 0. The first-order valence-electron chi connectivity index (χ1n) is 9.54. The average Bonchev–Trinajstić information content (AvgIpc) is 3.46. The van der Waals surface area contributed by atoms with Crippen molar-refractivity contribution in [3.63, 3.8) is 0 Å². The summed E-state index contributed by atoms with van der Waals surface area (Å²) in [6, 6.07) is 14.9. The number of amides is 2. The molecule has 31 heavy (non-hydrogen) atoms. The number of carbonyl (C=O) groups excluding carboxylic acids is 2. The highest BCUT2D eigenvalue weighted by Gasteiger charge is 2.15. The van der Waals surface area contributed by atoms with Crippen molar-refractivity contribution in [2.24, 2.45) is 5.73 Å². The zero-order chi connectivity index (χ0) is 21.6. The third-order valence-corrected chi connectivity index (χ3v) is 4.58. The van der Waals surface area contributed by atoms with Crippen molar-refractivity contribution < 1.29 is 14.0 Å². The fourth-order valence-corrected chi connectivity index (χ4v) is 2.98. The fraction of sp³-hybridized carbons (Fsp3) is 0.0909. The lowest BCUT2D eigenvalue weighted by atomic mass is 10.0. The molecule has 0 aliphatic heterocycles. The lowest BCUT2D eigenvalue weighted by Crippen LogP contribution is -2.21. The van der Waals surface area contributed by atoms with Crippen LogP contribution in [-0.2, 0) is 4.79 Å². The van der Waals surface area contributed by atoms with Crippen molar-refractivity contribution >= 4 is 23.3 Å². The molecule has 4 aromatic rings. The second-order valence-corrected chi connectivity index (χ2v) is 6.81. The molecule has 0 saturated carbocycles. The van der Waals surface area contributed by atoms with Crippen LogP contribution in [0.3, 0.4) is 0 Å². The molecule has 0 spiro atoms. The van der Waals surface area contributed by atoms with Gasteiger partial charge < -0.3 is 20.8 Å². The standard InChI is InChI=1S/C22H20N6O3/c23-17(12-21(29)26-20-13-18(27-28-20)19-2-1-11-31-19)14-3-5-15(6-4-14)22(30)25-16-7-9-24-10-8-16/h1-11,13,17H,12,23H2,(H,24,25,30)(H2,26,27,28,29). The SMILES string of the molecule is NC(CC(=O)Nc1cc(-c2ccco2)[nH]n1)c1ccc(C(=O)Nc2ccncc2)cc1. The van der Waals surface area contributed by atoms with E-state index in [1.807, 2.05) is 0 Å². The Hall–Kier alpha value is -4.24. The maximum Gasteiger partial charge on any atom is 0.255 e. The van der Waals surface area contributed by atoms with Crippen LogP contribution in [0.2, 0.25) is 0 Å². The number of hydrogen-bond donors (Lipinski definition) is 4. The molecule has 156 valence electrons. The Morgan fingerprint density at radius 1 is 1.06 bits per heavy atom. The zero-order valence-electron chi connectivity index (χ0n) is 16.4. The number of nitrogens with zero attached hydrogens (tertiary/aromatic N) is 2. The molecule has 2 amide bonds. The second kappa shape index (κ2) is 9.06. The van der Waals surface area contributed by atoms with Crippen LogP contribution in [-0.4, -0.2) is 27.0 Å². The highest BCUT2D eigenvalue weighted by atomic mass is 16.3. The average molecular weight is 416 g/mol. The first kappa shape index (κ1) is 20.0. The maximum atomic E-state index is 12.3. The largest absolute Gasteiger partial charge is 0.463 e. The minimum absolute atomic E-state index is 0.0610. The molecule has 5 N–H and O–H groups in total. The number of aromatic amines is 1. The van der Waals surface area contributed by atoms with Gasteiger partial charge in [0.1, 0.15) is 5.69 Å². The number of hydrogen-bond acceptors (Lipinski definition) is 6. The lowest BCUT2D eigenvalue weighted by Gasteiger charge is -2.12. The van der Waals surface area contributed by atoms with E-state index in [2.05, 4.69) is 25.8 Å². The molecule has 0 aliphatic carbocycles. The molecular formula is C22H20N6O3. The van der Waals surface area contributed by atoms with Crippen LogP contribution in [0.1, 0.15) is 28.4 Å². The molecule has 1 unspecified atom stereocenters. The highest BCUT2D eigenvalue weighted by molar-refractivity contribution is 6.04. The number of rotatable bonds is 7. The summed E-state index contributed by atoms with van der Waals surface area (Å²) >= 11 is 0. The van der Waals surface area contributed by atoms with Gasteiger partial charge in [0.05, 0.1) is 6.26 Å². The van der Waals surface area contributed by atoms with Crippen molar-refractivity contribution in [2.75, 3.05) is 10.6 Å². The summed E-state index contributed by atoms with van der Waals surface area (Å²) in [6.07, 6.45) is 4.82. The number of anilines is 2. The Bertz CT molecular complexity index is 1150. The van der Waals surface area contributed by atoms with Crippen LogP contribution in [0.15, 0.2) is 77.7 Å². The van der Waals surface area contributed by atoms with E-state index in [4.69, 9.17) is 10.2 Å². The third kappa shape index (κ3) is 5.03. The van der Waals surface area contributed by atoms with E-state index >= 15 is 0 Å². The monoisotopic (exact) mass is 416 g/mol. The van der Waals surface area contributed by atoms with E-state index < -0.39 is 6.04 Å². The number of pyridine rings is 1. The summed E-state index contributed by atoms with van der Waals surface area (Å²) < 4.78 is 5.28. The van der Waals surface area contributed by atoms with Crippen LogP contribution in [0.5, 0.6) is 0 Å². The molecule has 3 heterocycles. The van der Waals surface area contributed by atoms with Gasteiger partial charge in [-0.1, -0.05) is 12.1 Å². The van der Waals surface area contributed by atoms with E-state index in [1.165, 1.54) is 0 Å². The number of carbonyl (C=O) groups is 2. The van der Waals surface area contributed by atoms with Gasteiger partial charge in [-0.25, -0.2) is 0 Å². The predicted molar refractivity (Wildman–Crippen MR) is 115 cm³/mol. The van der Waals surface area contributed by atoms with E-state index in [1.54, 1.807) is 73.3 Å². The molecule has 9 nitrogen and oxygen atoms in total. The smallest absolute Gasteiger partial charge is 0.255 e. The van der Waals surface area contributed by atoms with E-state index in [9.17, 15) is 9.59 Å². The highest BCUT2D eigenvalue weighted by Crippen LogP contribution is 2.21. The maximum absolute atomic E-state index is 12.3. The van der Waals surface area contributed by atoms with Crippen LogP contribution < -0.4 is 16.4 Å². The van der Waals surface area contributed by atoms with Gasteiger partial charge in [-0.05, 0) is 42.0 Å². The molecule has 0 fully saturated rings. The summed E-state index contributed by atoms with van der Waals surface area (Å²) in [5.74, 6) is 0.490. The van der Waals surface area contributed by atoms with Gasteiger partial charge in [-0.2, -0.15) is 5.10 Å². The Kier molecular flexibility index (Phi) is 5.86. The van der Waals surface area contributed by atoms with E-state index in [-0.39, 0.29) is 18.2 Å². The van der Waals surface area contributed by atoms with Gasteiger partial charge in [-0.3, -0.25) is 19.7 Å². The van der Waals surface area contributed by atoms with Gasteiger partial charge in [0.2, 0.25) is 5.91 Å². The first-order chi connectivity index (χ1) is 15.1. The lowest BCUT2D eigenvalue weighted by molar-refractivity contribution is -0.116. The fourth-order valence-electron chi connectivity index (χ4n) is 2.98. The Morgan fingerprint density at radius 2 is 1.84 bits per heavy atom. The Morgan fingerprint density at radius 3 is 2.55 bits per heavy atom. The van der Waals surface area contributed by atoms with Crippen molar-refractivity contribution in [1.82, 2.24) is 15.2 Å². The molecule has 1 aromatic carbocycles. The van der Waals surface area contributed by atoms with Gasteiger partial charge in [0.15, 0.2) is 11.6 Å². The van der Waals surface area contributed by atoms with Crippen LogP contribution >= 0.6 is 0 Å². The molecule has 0 saturated heterocycles. The molecular weight excluding hydrogens is 396 g/mol. The third-order valence-electron chi connectivity index (χ3n) is 4.58. The molecule has 9 heteroatoms. The summed E-state index contributed by atoms with van der Waals surface area (Å²) in [5.41, 5.74) is 8.72. The summed E-state index contributed by atoms with van der Waals surface area (Å²) in [5, 5.41) is 12.4. The van der Waals surface area contributed by atoms with Crippen molar-refractivity contribution in [3.05, 3.63) is 84.4 Å².